The molecule has 0 saturated carbocycles. The lowest BCUT2D eigenvalue weighted by Crippen LogP contribution is -2.11. The maximum atomic E-state index is 13.8. The summed E-state index contributed by atoms with van der Waals surface area (Å²) < 4.78 is 40.0. The van der Waals surface area contributed by atoms with Crippen LogP contribution in [0.15, 0.2) is 83.9 Å². The molecule has 8 heteroatoms. The Kier molecular flexibility index (Phi) is 5.68. The van der Waals surface area contributed by atoms with E-state index in [1.165, 1.54) is 42.6 Å². The molecule has 182 valence electrons. The summed E-state index contributed by atoms with van der Waals surface area (Å²) in [6.45, 7) is 1.88. The normalized spacial score (nSPS) is 11.6. The van der Waals surface area contributed by atoms with Crippen molar-refractivity contribution in [2.24, 2.45) is 0 Å². The number of aromatic carboxylic acids is 1. The van der Waals surface area contributed by atoms with Crippen molar-refractivity contribution in [2.75, 3.05) is 14.2 Å². The number of rotatable bonds is 6. The smallest absolute Gasteiger partial charge is 0.335 e. The molecule has 0 spiro atoms. The Hall–Kier alpha value is -4.30. The maximum absolute atomic E-state index is 13.8. The summed E-state index contributed by atoms with van der Waals surface area (Å²) >= 11 is 0. The Labute approximate surface area is 208 Å². The van der Waals surface area contributed by atoms with Gasteiger partial charge in [0.2, 0.25) is 0 Å². The minimum atomic E-state index is -3.99. The summed E-state index contributed by atoms with van der Waals surface area (Å²) in [6, 6.07) is 20.4. The standard InChI is InChI=1S/C28H23NO6S/c1-17-8-11-20(12-9-17)36(32,33)29-16-23(22-14-19(28(30)31)10-13-24(22)29)26-21-7-5-4-6-18(21)15-25(34-2)27(26)35-3/h4-16H,1-3H3,(H,30,31). The molecule has 1 heterocycles. The van der Waals surface area contributed by atoms with E-state index in [-0.39, 0.29) is 10.5 Å². The van der Waals surface area contributed by atoms with E-state index in [2.05, 4.69) is 0 Å². The Morgan fingerprint density at radius 2 is 1.61 bits per heavy atom. The molecule has 1 aromatic heterocycles. The van der Waals surface area contributed by atoms with Gasteiger partial charge in [-0.3, -0.25) is 0 Å². The number of methoxy groups -OCH3 is 2. The number of hydrogen-bond donors (Lipinski definition) is 1. The first-order valence-electron chi connectivity index (χ1n) is 11.1. The van der Waals surface area contributed by atoms with Crippen molar-refractivity contribution in [2.45, 2.75) is 11.8 Å². The summed E-state index contributed by atoms with van der Waals surface area (Å²) in [5, 5.41) is 11.8. The van der Waals surface area contributed by atoms with Gasteiger partial charge >= 0.3 is 5.97 Å². The van der Waals surface area contributed by atoms with Gasteiger partial charge in [0.1, 0.15) is 0 Å². The van der Waals surface area contributed by atoms with Gasteiger partial charge in [-0.2, -0.15) is 0 Å². The lowest BCUT2D eigenvalue weighted by molar-refractivity contribution is 0.0697. The number of ether oxygens (including phenoxy) is 2. The second-order valence-electron chi connectivity index (χ2n) is 8.40. The van der Waals surface area contributed by atoms with E-state index in [0.717, 1.165) is 16.3 Å². The molecule has 36 heavy (non-hydrogen) atoms. The first kappa shape index (κ1) is 23.4. The average molecular weight is 502 g/mol. The van der Waals surface area contributed by atoms with E-state index in [9.17, 15) is 18.3 Å². The van der Waals surface area contributed by atoms with Crippen LogP contribution < -0.4 is 9.47 Å². The molecule has 0 aliphatic rings. The first-order valence-corrected chi connectivity index (χ1v) is 12.5. The number of benzene rings is 4. The molecule has 1 N–H and O–H groups in total. The molecular formula is C28H23NO6S. The molecule has 4 aromatic carbocycles. The van der Waals surface area contributed by atoms with Crippen LogP contribution in [0.1, 0.15) is 15.9 Å². The third-order valence-electron chi connectivity index (χ3n) is 6.26. The first-order chi connectivity index (χ1) is 17.3. The highest BCUT2D eigenvalue weighted by Gasteiger charge is 2.26. The van der Waals surface area contributed by atoms with Gasteiger partial charge in [-0.1, -0.05) is 42.0 Å². The second kappa shape index (κ2) is 8.73. The molecule has 0 aliphatic heterocycles. The fourth-order valence-corrected chi connectivity index (χ4v) is 5.85. The molecule has 0 saturated heterocycles. The number of carboxylic acid groups (broad SMARTS) is 1. The molecule has 0 amide bonds. The molecule has 0 atom stereocenters. The van der Waals surface area contributed by atoms with Crippen LogP contribution >= 0.6 is 0 Å². The van der Waals surface area contributed by atoms with Crippen molar-refractivity contribution in [1.82, 2.24) is 3.97 Å². The minimum absolute atomic E-state index is 0.0420. The molecule has 5 rings (SSSR count). The molecule has 0 bridgehead atoms. The van der Waals surface area contributed by atoms with E-state index in [0.29, 0.717) is 33.5 Å². The van der Waals surface area contributed by atoms with Crippen molar-refractivity contribution in [3.8, 4) is 22.6 Å². The van der Waals surface area contributed by atoms with Gasteiger partial charge < -0.3 is 14.6 Å². The number of carbonyl (C=O) groups is 1. The Morgan fingerprint density at radius 3 is 2.28 bits per heavy atom. The molecule has 7 nitrogen and oxygen atoms in total. The van der Waals surface area contributed by atoms with E-state index in [1.54, 1.807) is 24.3 Å². The highest BCUT2D eigenvalue weighted by atomic mass is 32.2. The number of hydrogen-bond acceptors (Lipinski definition) is 5. The summed E-state index contributed by atoms with van der Waals surface area (Å²) in [6.07, 6.45) is 1.52. The van der Waals surface area contributed by atoms with Gasteiger partial charge in [-0.15, -0.1) is 0 Å². The number of fused-ring (bicyclic) bond motifs is 2. The van der Waals surface area contributed by atoms with Crippen LogP contribution in [0.3, 0.4) is 0 Å². The van der Waals surface area contributed by atoms with E-state index < -0.39 is 16.0 Å². The number of nitrogens with zero attached hydrogens (tertiary/aromatic N) is 1. The van der Waals surface area contributed by atoms with Crippen LogP contribution in [0, 0.1) is 6.92 Å². The van der Waals surface area contributed by atoms with Crippen molar-refractivity contribution in [3.63, 3.8) is 0 Å². The third kappa shape index (κ3) is 3.67. The summed E-state index contributed by atoms with van der Waals surface area (Å²) in [5.74, 6) is -0.217. The Balaban J connectivity index is 1.92. The predicted octanol–water partition coefficient (Wildman–Crippen LogP) is 5.72. The molecule has 5 aromatic rings. The lowest BCUT2D eigenvalue weighted by atomic mass is 9.95. The predicted molar refractivity (Wildman–Crippen MR) is 139 cm³/mol. The number of aromatic nitrogens is 1. The van der Waals surface area contributed by atoms with E-state index in [1.807, 2.05) is 37.3 Å². The van der Waals surface area contributed by atoms with Crippen LogP contribution in [0.2, 0.25) is 0 Å². The highest BCUT2D eigenvalue weighted by Crippen LogP contribution is 2.47. The lowest BCUT2D eigenvalue weighted by Gasteiger charge is -2.16. The zero-order valence-electron chi connectivity index (χ0n) is 19.8. The summed E-state index contributed by atoms with van der Waals surface area (Å²) in [4.78, 5) is 11.9. The average Bonchev–Trinajstić information content (AvgIpc) is 3.27. The summed E-state index contributed by atoms with van der Waals surface area (Å²) in [5.41, 5.74) is 2.45. The van der Waals surface area contributed by atoms with Crippen molar-refractivity contribution in [3.05, 3.63) is 90.1 Å². The van der Waals surface area contributed by atoms with Crippen molar-refractivity contribution >= 4 is 37.7 Å². The van der Waals surface area contributed by atoms with Gasteiger partial charge in [-0.25, -0.2) is 17.2 Å². The topological polar surface area (TPSA) is 94.8 Å². The van der Waals surface area contributed by atoms with Gasteiger partial charge in [-0.05, 0) is 54.1 Å². The third-order valence-corrected chi connectivity index (χ3v) is 7.94. The van der Waals surface area contributed by atoms with Gasteiger partial charge in [0.05, 0.1) is 30.2 Å². The van der Waals surface area contributed by atoms with Gasteiger partial charge in [0.15, 0.2) is 11.5 Å². The largest absolute Gasteiger partial charge is 0.493 e. The molecule has 0 aliphatic carbocycles. The molecule has 0 fully saturated rings. The fraction of sp³-hybridized carbons (Fsp3) is 0.107. The van der Waals surface area contributed by atoms with Crippen LogP contribution in [-0.2, 0) is 10.0 Å². The van der Waals surface area contributed by atoms with Gasteiger partial charge in [0.25, 0.3) is 10.0 Å². The summed E-state index contributed by atoms with van der Waals surface area (Å²) in [7, 11) is -0.947. The van der Waals surface area contributed by atoms with Crippen LogP contribution in [0.5, 0.6) is 11.5 Å². The zero-order valence-corrected chi connectivity index (χ0v) is 20.7. The van der Waals surface area contributed by atoms with Crippen LogP contribution in [-0.4, -0.2) is 37.7 Å². The van der Waals surface area contributed by atoms with Gasteiger partial charge in [0, 0.05) is 22.7 Å². The molecule has 0 radical (unpaired) electrons. The molecular weight excluding hydrogens is 478 g/mol. The van der Waals surface area contributed by atoms with Crippen LogP contribution in [0.25, 0.3) is 32.8 Å². The quantitative estimate of drug-likeness (QED) is 0.320. The fourth-order valence-electron chi connectivity index (χ4n) is 4.48. The zero-order chi connectivity index (χ0) is 25.6. The SMILES string of the molecule is COc1cc2ccccc2c(-c2cn(S(=O)(=O)c3ccc(C)cc3)c3ccc(C(=O)O)cc23)c1OC. The maximum Gasteiger partial charge on any atom is 0.335 e. The van der Waals surface area contributed by atoms with E-state index in [4.69, 9.17) is 9.47 Å². The highest BCUT2D eigenvalue weighted by molar-refractivity contribution is 7.90. The Bertz CT molecular complexity index is 1750. The monoisotopic (exact) mass is 501 g/mol. The van der Waals surface area contributed by atoms with Crippen molar-refractivity contribution in [1.29, 1.82) is 0 Å². The molecule has 0 unspecified atom stereocenters. The Morgan fingerprint density at radius 1 is 0.889 bits per heavy atom. The minimum Gasteiger partial charge on any atom is -0.493 e. The van der Waals surface area contributed by atoms with Crippen LogP contribution in [0.4, 0.5) is 0 Å². The van der Waals surface area contributed by atoms with Crippen molar-refractivity contribution < 1.29 is 27.8 Å². The number of aryl methyl sites for hydroxylation is 1. The second-order valence-corrected chi connectivity index (χ2v) is 10.2. The number of carboxylic acids is 1. The van der Waals surface area contributed by atoms with E-state index >= 15 is 0 Å².